The van der Waals surface area contributed by atoms with E-state index in [-0.39, 0.29) is 17.7 Å². The van der Waals surface area contributed by atoms with Gasteiger partial charge in [0.2, 0.25) is 0 Å². The Morgan fingerprint density at radius 2 is 1.84 bits per heavy atom. The summed E-state index contributed by atoms with van der Waals surface area (Å²) in [6, 6.07) is 6.85. The third-order valence-electron chi connectivity index (χ3n) is 5.10. The number of hydrogen-bond acceptors (Lipinski definition) is 3. The number of benzene rings is 1. The van der Waals surface area contributed by atoms with Crippen LogP contribution in [-0.2, 0) is 11.3 Å². The van der Waals surface area contributed by atoms with Gasteiger partial charge in [0.25, 0.3) is 0 Å². The molecule has 6 nitrogen and oxygen atoms in total. The van der Waals surface area contributed by atoms with E-state index in [1.165, 1.54) is 12.8 Å². The molecule has 0 spiro atoms. The Bertz CT molecular complexity index is 590. The van der Waals surface area contributed by atoms with Gasteiger partial charge in [-0.05, 0) is 43.4 Å². The number of urea groups is 1. The van der Waals surface area contributed by atoms with Crippen LogP contribution in [0.15, 0.2) is 24.3 Å². The highest BCUT2D eigenvalue weighted by atomic mass is 16.5. The lowest BCUT2D eigenvalue weighted by atomic mass is 10.1. The van der Waals surface area contributed by atoms with Gasteiger partial charge in [-0.2, -0.15) is 0 Å². The van der Waals surface area contributed by atoms with Crippen molar-refractivity contribution in [3.05, 3.63) is 35.4 Å². The van der Waals surface area contributed by atoms with E-state index in [0.717, 1.165) is 37.9 Å². The number of amides is 2. The van der Waals surface area contributed by atoms with E-state index in [4.69, 9.17) is 9.84 Å². The molecule has 2 aliphatic rings. The Morgan fingerprint density at radius 3 is 2.44 bits per heavy atom. The zero-order chi connectivity index (χ0) is 17.6. The number of rotatable bonds is 6. The first-order valence-corrected chi connectivity index (χ1v) is 9.12. The second-order valence-electron chi connectivity index (χ2n) is 6.89. The maximum absolute atomic E-state index is 12.7. The van der Waals surface area contributed by atoms with Crippen LogP contribution in [0.25, 0.3) is 0 Å². The number of carbonyl (C=O) groups excluding carboxylic acids is 1. The number of carboxylic acids is 1. The highest BCUT2D eigenvalue weighted by Crippen LogP contribution is 2.25. The maximum atomic E-state index is 12.7. The minimum Gasteiger partial charge on any atom is -0.478 e. The zero-order valence-electron chi connectivity index (χ0n) is 14.4. The van der Waals surface area contributed by atoms with Crippen molar-refractivity contribution in [3.8, 4) is 0 Å². The molecule has 1 aromatic carbocycles. The van der Waals surface area contributed by atoms with Gasteiger partial charge >= 0.3 is 12.0 Å². The Labute approximate surface area is 148 Å². The monoisotopic (exact) mass is 346 g/mol. The van der Waals surface area contributed by atoms with E-state index in [1.807, 2.05) is 4.90 Å². The molecule has 1 aromatic rings. The van der Waals surface area contributed by atoms with Gasteiger partial charge in [-0.1, -0.05) is 25.0 Å². The molecule has 1 atom stereocenters. The van der Waals surface area contributed by atoms with Crippen molar-refractivity contribution in [3.63, 3.8) is 0 Å². The SMILES string of the molecule is O=C(O)c1ccc(CNC(=O)N(CC2CCCO2)C2CCCC2)cc1. The number of carbonyl (C=O) groups is 2. The van der Waals surface area contributed by atoms with Crippen LogP contribution in [0.4, 0.5) is 4.79 Å². The highest BCUT2D eigenvalue weighted by molar-refractivity contribution is 5.87. The first-order valence-electron chi connectivity index (χ1n) is 9.12. The fourth-order valence-corrected chi connectivity index (χ4v) is 3.67. The van der Waals surface area contributed by atoms with Crippen molar-refractivity contribution >= 4 is 12.0 Å². The molecule has 6 heteroatoms. The summed E-state index contributed by atoms with van der Waals surface area (Å²) in [4.78, 5) is 25.6. The molecule has 1 saturated heterocycles. The summed E-state index contributed by atoms with van der Waals surface area (Å²) in [6.07, 6.45) is 6.73. The topological polar surface area (TPSA) is 78.9 Å². The first-order chi connectivity index (χ1) is 12.1. The van der Waals surface area contributed by atoms with Crippen molar-refractivity contribution in [2.24, 2.45) is 0 Å². The smallest absolute Gasteiger partial charge is 0.335 e. The van der Waals surface area contributed by atoms with Gasteiger partial charge in [-0.25, -0.2) is 9.59 Å². The van der Waals surface area contributed by atoms with Gasteiger partial charge in [-0.3, -0.25) is 0 Å². The molecular weight excluding hydrogens is 320 g/mol. The minimum atomic E-state index is -0.945. The zero-order valence-corrected chi connectivity index (χ0v) is 14.4. The summed E-state index contributed by atoms with van der Waals surface area (Å²) in [5.74, 6) is -0.945. The molecule has 2 N–H and O–H groups in total. The number of hydrogen-bond donors (Lipinski definition) is 2. The Hall–Kier alpha value is -2.08. The third-order valence-corrected chi connectivity index (χ3v) is 5.10. The Balaban J connectivity index is 1.58. The average molecular weight is 346 g/mol. The fourth-order valence-electron chi connectivity index (χ4n) is 3.67. The van der Waals surface area contributed by atoms with Crippen molar-refractivity contribution in [1.82, 2.24) is 10.2 Å². The van der Waals surface area contributed by atoms with Crippen LogP contribution in [0.3, 0.4) is 0 Å². The molecule has 2 fully saturated rings. The predicted molar refractivity (Wildman–Crippen MR) is 93.6 cm³/mol. The fraction of sp³-hybridized carbons (Fsp3) is 0.579. The Morgan fingerprint density at radius 1 is 1.12 bits per heavy atom. The molecule has 0 bridgehead atoms. The Kier molecular flexibility index (Phi) is 5.91. The second kappa shape index (κ2) is 8.34. The molecule has 0 radical (unpaired) electrons. The van der Waals surface area contributed by atoms with Gasteiger partial charge in [0.1, 0.15) is 0 Å². The largest absolute Gasteiger partial charge is 0.478 e. The normalized spacial score (nSPS) is 20.6. The van der Waals surface area contributed by atoms with Gasteiger partial charge in [0.05, 0.1) is 11.7 Å². The van der Waals surface area contributed by atoms with Crippen LogP contribution in [0, 0.1) is 0 Å². The van der Waals surface area contributed by atoms with Crippen molar-refractivity contribution < 1.29 is 19.4 Å². The first kappa shape index (κ1) is 17.7. The van der Waals surface area contributed by atoms with Crippen LogP contribution in [0.2, 0.25) is 0 Å². The number of carboxylic acid groups (broad SMARTS) is 1. The third kappa shape index (κ3) is 4.72. The van der Waals surface area contributed by atoms with Gasteiger partial charge in [0.15, 0.2) is 0 Å². The summed E-state index contributed by atoms with van der Waals surface area (Å²) >= 11 is 0. The summed E-state index contributed by atoms with van der Waals surface area (Å²) in [5.41, 5.74) is 1.14. The van der Waals surface area contributed by atoms with E-state index < -0.39 is 5.97 Å². The van der Waals surface area contributed by atoms with Crippen molar-refractivity contribution in [1.29, 1.82) is 0 Å². The number of aromatic carboxylic acids is 1. The van der Waals surface area contributed by atoms with E-state index in [0.29, 0.717) is 19.1 Å². The lowest BCUT2D eigenvalue weighted by Gasteiger charge is -2.31. The van der Waals surface area contributed by atoms with Gasteiger partial charge < -0.3 is 20.1 Å². The molecule has 136 valence electrons. The quantitative estimate of drug-likeness (QED) is 0.830. The van der Waals surface area contributed by atoms with Gasteiger partial charge in [0, 0.05) is 25.7 Å². The summed E-state index contributed by atoms with van der Waals surface area (Å²) in [7, 11) is 0. The summed E-state index contributed by atoms with van der Waals surface area (Å²) < 4.78 is 5.71. The number of nitrogens with zero attached hydrogens (tertiary/aromatic N) is 1. The molecule has 25 heavy (non-hydrogen) atoms. The van der Waals surface area contributed by atoms with E-state index >= 15 is 0 Å². The minimum absolute atomic E-state index is 0.0512. The standard InChI is InChI=1S/C19H26N2O4/c22-18(23)15-9-7-14(8-10-15)12-20-19(24)21(16-4-1-2-5-16)13-17-6-3-11-25-17/h7-10,16-17H,1-6,11-13H2,(H,20,24)(H,22,23). The second-order valence-corrected chi connectivity index (χ2v) is 6.89. The molecule has 1 saturated carbocycles. The summed E-state index contributed by atoms with van der Waals surface area (Å²) in [6.45, 7) is 1.85. The van der Waals surface area contributed by atoms with Crippen LogP contribution in [-0.4, -0.2) is 47.3 Å². The van der Waals surface area contributed by atoms with E-state index in [2.05, 4.69) is 5.32 Å². The molecular formula is C19H26N2O4. The molecule has 1 aliphatic carbocycles. The maximum Gasteiger partial charge on any atom is 0.335 e. The van der Waals surface area contributed by atoms with Crippen LogP contribution in [0.5, 0.6) is 0 Å². The predicted octanol–water partition coefficient (Wildman–Crippen LogP) is 3.02. The van der Waals surface area contributed by atoms with Crippen LogP contribution < -0.4 is 5.32 Å². The van der Waals surface area contributed by atoms with Crippen molar-refractivity contribution in [2.45, 2.75) is 57.2 Å². The summed E-state index contributed by atoms with van der Waals surface area (Å²) in [5, 5.41) is 11.9. The lowest BCUT2D eigenvalue weighted by molar-refractivity contribution is 0.0696. The number of ether oxygens (including phenoxy) is 1. The molecule has 3 rings (SSSR count). The molecule has 2 amide bonds. The van der Waals surface area contributed by atoms with E-state index in [1.54, 1.807) is 24.3 Å². The molecule has 1 heterocycles. The van der Waals surface area contributed by atoms with Gasteiger partial charge in [-0.15, -0.1) is 0 Å². The van der Waals surface area contributed by atoms with Crippen molar-refractivity contribution in [2.75, 3.05) is 13.2 Å². The average Bonchev–Trinajstić information content (AvgIpc) is 3.31. The van der Waals surface area contributed by atoms with Crippen LogP contribution >= 0.6 is 0 Å². The molecule has 1 aliphatic heterocycles. The lowest BCUT2D eigenvalue weighted by Crippen LogP contribution is -2.48. The molecule has 0 aromatic heterocycles. The van der Waals surface area contributed by atoms with Crippen LogP contribution in [0.1, 0.15) is 54.4 Å². The highest BCUT2D eigenvalue weighted by Gasteiger charge is 2.30. The molecule has 1 unspecified atom stereocenters. The number of nitrogens with one attached hydrogen (secondary N) is 1. The van der Waals surface area contributed by atoms with E-state index in [9.17, 15) is 9.59 Å².